The Morgan fingerprint density at radius 3 is 2.37 bits per heavy atom. The van der Waals surface area contributed by atoms with Crippen LogP contribution in [-0.4, -0.2) is 40.1 Å². The Kier molecular flexibility index (Phi) is 5.63. The minimum atomic E-state index is -3.80. The molecule has 4 radical (unpaired) electrons. The second-order valence-corrected chi connectivity index (χ2v) is 9.03. The molecule has 2 N–H and O–H groups in total. The van der Waals surface area contributed by atoms with Gasteiger partial charge < -0.3 is 9.88 Å². The van der Waals surface area contributed by atoms with Crippen molar-refractivity contribution >= 4 is 48.2 Å². The second kappa shape index (κ2) is 7.16. The van der Waals surface area contributed by atoms with Crippen LogP contribution in [0.2, 0.25) is 0 Å². The number of rotatable bonds is 4. The van der Waals surface area contributed by atoms with E-state index >= 15 is 0 Å². The van der Waals surface area contributed by atoms with Crippen LogP contribution in [0.1, 0.15) is 36.8 Å². The van der Waals surface area contributed by atoms with Crippen molar-refractivity contribution < 1.29 is 17.6 Å². The van der Waals surface area contributed by atoms with Gasteiger partial charge in [0.2, 0.25) is 10.0 Å². The summed E-state index contributed by atoms with van der Waals surface area (Å²) in [6.45, 7) is 6.60. The molecule has 1 amide bonds. The average Bonchev–Trinajstić information content (AvgIpc) is 2.90. The van der Waals surface area contributed by atoms with Gasteiger partial charge in [0.15, 0.2) is 0 Å². The standard InChI is InChI=1S/C17H20B2FN3O3S/c1-9-12(20)7-11(18)15(14(9)19)21-16(24)13-6-10(8-23(13)5)27(25,26)22-17(2,3)4/h6-8,22H,1-5H3,(H,21,24). The van der Waals surface area contributed by atoms with Crippen LogP contribution in [0.25, 0.3) is 0 Å². The highest BCUT2D eigenvalue weighted by molar-refractivity contribution is 7.89. The van der Waals surface area contributed by atoms with Gasteiger partial charge in [0.25, 0.3) is 5.91 Å². The monoisotopic (exact) mass is 387 g/mol. The number of hydrogen-bond donors (Lipinski definition) is 2. The molecule has 0 aliphatic rings. The maximum absolute atomic E-state index is 13.7. The summed E-state index contributed by atoms with van der Waals surface area (Å²) in [5, 5.41) is 2.53. The molecule has 2 rings (SSSR count). The molecule has 2 aromatic rings. The molecule has 27 heavy (non-hydrogen) atoms. The number of carbonyl (C=O) groups excluding carboxylic acids is 1. The van der Waals surface area contributed by atoms with Crippen LogP contribution in [-0.2, 0) is 17.1 Å². The van der Waals surface area contributed by atoms with E-state index in [1.807, 2.05) is 0 Å². The van der Waals surface area contributed by atoms with Gasteiger partial charge in [-0.2, -0.15) is 0 Å². The summed E-state index contributed by atoms with van der Waals surface area (Å²) >= 11 is 0. The molecule has 0 spiro atoms. The SMILES string of the molecule is [B]c1cc(F)c(C)c([B])c1NC(=O)c1cc(S(=O)(=O)NC(C)(C)C)cn1C. The highest BCUT2D eigenvalue weighted by Gasteiger charge is 2.25. The first kappa shape index (κ1) is 21.2. The van der Waals surface area contributed by atoms with Crippen LogP contribution in [0, 0.1) is 12.7 Å². The third-order valence-corrected chi connectivity index (χ3v) is 5.53. The van der Waals surface area contributed by atoms with E-state index in [4.69, 9.17) is 15.7 Å². The fourth-order valence-corrected chi connectivity index (χ4v) is 3.96. The number of halogens is 1. The van der Waals surface area contributed by atoms with Gasteiger partial charge in [0, 0.05) is 24.5 Å². The van der Waals surface area contributed by atoms with Gasteiger partial charge in [-0.1, -0.05) is 10.9 Å². The number of anilines is 1. The van der Waals surface area contributed by atoms with Crippen molar-refractivity contribution in [3.8, 4) is 0 Å². The van der Waals surface area contributed by atoms with Gasteiger partial charge in [-0.3, -0.25) is 4.79 Å². The lowest BCUT2D eigenvalue weighted by Crippen LogP contribution is -2.40. The lowest BCUT2D eigenvalue weighted by atomic mass is 9.81. The van der Waals surface area contributed by atoms with E-state index in [2.05, 4.69) is 10.0 Å². The molecule has 1 aromatic carbocycles. The first-order valence-electron chi connectivity index (χ1n) is 8.08. The predicted octanol–water partition coefficient (Wildman–Crippen LogP) is 0.389. The largest absolute Gasteiger partial charge is 0.345 e. The Morgan fingerprint density at radius 1 is 1.22 bits per heavy atom. The van der Waals surface area contributed by atoms with Crippen LogP contribution in [0.15, 0.2) is 23.2 Å². The number of aromatic nitrogens is 1. The van der Waals surface area contributed by atoms with Crippen molar-refractivity contribution in [3.63, 3.8) is 0 Å². The van der Waals surface area contributed by atoms with Gasteiger partial charge in [-0.05, 0) is 45.4 Å². The van der Waals surface area contributed by atoms with E-state index in [-0.39, 0.29) is 32.8 Å². The summed E-state index contributed by atoms with van der Waals surface area (Å²) in [6, 6.07) is 2.31. The fraction of sp³-hybridized carbons (Fsp3) is 0.353. The maximum Gasteiger partial charge on any atom is 0.272 e. The minimum Gasteiger partial charge on any atom is -0.345 e. The molecule has 0 saturated heterocycles. The number of sulfonamides is 1. The number of amides is 1. The summed E-state index contributed by atoms with van der Waals surface area (Å²) in [6.07, 6.45) is 1.33. The van der Waals surface area contributed by atoms with E-state index in [0.29, 0.717) is 0 Å². The fourth-order valence-electron chi connectivity index (χ4n) is 2.47. The summed E-state index contributed by atoms with van der Waals surface area (Å²) < 4.78 is 42.4. The summed E-state index contributed by atoms with van der Waals surface area (Å²) in [5.74, 6) is -1.21. The number of nitrogens with one attached hydrogen (secondary N) is 2. The molecule has 1 heterocycles. The van der Waals surface area contributed by atoms with Gasteiger partial charge in [-0.25, -0.2) is 17.5 Å². The molecule has 0 atom stereocenters. The van der Waals surface area contributed by atoms with E-state index in [9.17, 15) is 17.6 Å². The average molecular weight is 387 g/mol. The number of benzene rings is 1. The molecule has 140 valence electrons. The molecule has 1 aromatic heterocycles. The van der Waals surface area contributed by atoms with Crippen LogP contribution >= 0.6 is 0 Å². The molecular weight excluding hydrogens is 367 g/mol. The van der Waals surface area contributed by atoms with Crippen LogP contribution < -0.4 is 21.0 Å². The van der Waals surface area contributed by atoms with Gasteiger partial charge in [-0.15, -0.1) is 0 Å². The van der Waals surface area contributed by atoms with Gasteiger partial charge >= 0.3 is 0 Å². The van der Waals surface area contributed by atoms with Crippen molar-refractivity contribution in [2.24, 2.45) is 7.05 Å². The number of aryl methyl sites for hydroxylation is 1. The molecule has 10 heteroatoms. The summed E-state index contributed by atoms with van der Waals surface area (Å²) in [5.41, 5.74) is -0.379. The number of nitrogens with zero attached hydrogens (tertiary/aromatic N) is 1. The topological polar surface area (TPSA) is 80.2 Å². The van der Waals surface area contributed by atoms with Crippen molar-refractivity contribution in [3.05, 3.63) is 35.4 Å². The molecule has 0 bridgehead atoms. The quantitative estimate of drug-likeness (QED) is 0.746. The third kappa shape index (κ3) is 4.62. The molecule has 6 nitrogen and oxygen atoms in total. The van der Waals surface area contributed by atoms with Gasteiger partial charge in [0.1, 0.15) is 32.1 Å². The second-order valence-electron chi connectivity index (χ2n) is 7.34. The molecule has 0 fully saturated rings. The molecular formula is C17H20B2FN3O3S. The zero-order valence-electron chi connectivity index (χ0n) is 15.8. The van der Waals surface area contributed by atoms with Crippen LogP contribution in [0.5, 0.6) is 0 Å². The lowest BCUT2D eigenvalue weighted by molar-refractivity contribution is 0.101. The first-order chi connectivity index (χ1) is 12.2. The number of hydrogen-bond acceptors (Lipinski definition) is 3. The Labute approximate surface area is 161 Å². The van der Waals surface area contributed by atoms with E-state index in [1.54, 1.807) is 20.8 Å². The Hall–Kier alpha value is -2.06. The zero-order chi connectivity index (χ0) is 20.7. The zero-order valence-corrected chi connectivity index (χ0v) is 16.7. The van der Waals surface area contributed by atoms with Crippen LogP contribution in [0.3, 0.4) is 0 Å². The van der Waals surface area contributed by atoms with Crippen molar-refractivity contribution in [2.75, 3.05) is 5.32 Å². The highest BCUT2D eigenvalue weighted by atomic mass is 32.2. The smallest absolute Gasteiger partial charge is 0.272 e. The van der Waals surface area contributed by atoms with E-state index in [0.717, 1.165) is 6.07 Å². The molecule has 0 aliphatic carbocycles. The predicted molar refractivity (Wildman–Crippen MR) is 105 cm³/mol. The van der Waals surface area contributed by atoms with E-state index < -0.39 is 27.3 Å². The Morgan fingerprint density at radius 2 is 1.81 bits per heavy atom. The van der Waals surface area contributed by atoms with E-state index in [1.165, 1.54) is 30.8 Å². The van der Waals surface area contributed by atoms with Crippen molar-refractivity contribution in [1.82, 2.24) is 9.29 Å². The number of carbonyl (C=O) groups is 1. The third-order valence-electron chi connectivity index (χ3n) is 3.80. The van der Waals surface area contributed by atoms with Crippen molar-refractivity contribution in [1.29, 1.82) is 0 Å². The lowest BCUT2D eigenvalue weighted by Gasteiger charge is -2.19. The highest BCUT2D eigenvalue weighted by Crippen LogP contribution is 2.17. The normalized spacial score (nSPS) is 12.2. The van der Waals surface area contributed by atoms with Crippen molar-refractivity contribution in [2.45, 2.75) is 38.1 Å². The molecule has 0 saturated carbocycles. The Bertz CT molecular complexity index is 1010. The molecule has 0 aliphatic heterocycles. The Balaban J connectivity index is 2.37. The minimum absolute atomic E-state index is 0.0114. The van der Waals surface area contributed by atoms with Crippen LogP contribution in [0.4, 0.5) is 10.1 Å². The molecule has 0 unspecified atom stereocenters. The summed E-state index contributed by atoms with van der Waals surface area (Å²) in [7, 11) is 9.33. The van der Waals surface area contributed by atoms with Gasteiger partial charge in [0.05, 0.1) is 0 Å². The maximum atomic E-state index is 13.7. The first-order valence-corrected chi connectivity index (χ1v) is 9.57. The summed E-state index contributed by atoms with van der Waals surface area (Å²) in [4.78, 5) is 12.6.